The van der Waals surface area contributed by atoms with Gasteiger partial charge in [-0.3, -0.25) is 0 Å². The van der Waals surface area contributed by atoms with Crippen LogP contribution in [0.3, 0.4) is 0 Å². The van der Waals surface area contributed by atoms with Gasteiger partial charge in [0.25, 0.3) is 0 Å². The van der Waals surface area contributed by atoms with Crippen molar-refractivity contribution in [3.63, 3.8) is 0 Å². The number of rotatable bonds is 6. The van der Waals surface area contributed by atoms with Gasteiger partial charge < -0.3 is 9.47 Å². The highest BCUT2D eigenvalue weighted by Crippen LogP contribution is 2.32. The van der Waals surface area contributed by atoms with Gasteiger partial charge in [0.2, 0.25) is 0 Å². The molecule has 3 nitrogen and oxygen atoms in total. The number of carbonyl (C=O) groups is 1. The Balaban J connectivity index is 2.79. The summed E-state index contributed by atoms with van der Waals surface area (Å²) in [5.74, 6) is 0.437. The number of hydrogen-bond acceptors (Lipinski definition) is 3. The van der Waals surface area contributed by atoms with Gasteiger partial charge in [-0.2, -0.15) is 0 Å². The monoisotopic (exact) mass is 236 g/mol. The number of esters is 1. The number of carbonyl (C=O) groups excluding carboxylic acids is 1. The van der Waals surface area contributed by atoms with Gasteiger partial charge in [0.05, 0.1) is 12.7 Å². The Kier molecular flexibility index (Phi) is 5.01. The van der Waals surface area contributed by atoms with Gasteiger partial charge >= 0.3 is 5.97 Å². The summed E-state index contributed by atoms with van der Waals surface area (Å²) in [5, 5.41) is 0. The van der Waals surface area contributed by atoms with Gasteiger partial charge in [0.1, 0.15) is 11.9 Å². The number of allylic oxidation sites excluding steroid dienone is 2. The molecular formula is C14H20O3. The molecule has 0 aromatic carbocycles. The summed E-state index contributed by atoms with van der Waals surface area (Å²) < 4.78 is 10.6. The van der Waals surface area contributed by atoms with Crippen LogP contribution in [0, 0.1) is 0 Å². The van der Waals surface area contributed by atoms with Crippen LogP contribution in [0.25, 0.3) is 0 Å². The van der Waals surface area contributed by atoms with Gasteiger partial charge in [-0.1, -0.05) is 19.6 Å². The van der Waals surface area contributed by atoms with Gasteiger partial charge in [-0.05, 0) is 18.4 Å². The minimum Gasteiger partial charge on any atom is -0.490 e. The van der Waals surface area contributed by atoms with E-state index >= 15 is 0 Å². The fourth-order valence-electron chi connectivity index (χ4n) is 1.80. The van der Waals surface area contributed by atoms with E-state index in [0.717, 1.165) is 24.2 Å². The zero-order valence-electron chi connectivity index (χ0n) is 10.6. The predicted molar refractivity (Wildman–Crippen MR) is 67.4 cm³/mol. The number of methoxy groups -OCH3 is 1. The van der Waals surface area contributed by atoms with Crippen molar-refractivity contribution in [1.29, 1.82) is 0 Å². The summed E-state index contributed by atoms with van der Waals surface area (Å²) >= 11 is 0. The quantitative estimate of drug-likeness (QED) is 0.525. The molecule has 0 fully saturated rings. The summed E-state index contributed by atoms with van der Waals surface area (Å²) in [5.41, 5.74) is 1.66. The third-order valence-corrected chi connectivity index (χ3v) is 2.93. The predicted octanol–water partition coefficient (Wildman–Crippen LogP) is 3.13. The largest absolute Gasteiger partial charge is 0.490 e. The molecule has 1 aliphatic heterocycles. The highest BCUT2D eigenvalue weighted by molar-refractivity contribution is 5.89. The van der Waals surface area contributed by atoms with Crippen LogP contribution in [0.4, 0.5) is 0 Å². The Hall–Kier alpha value is -1.51. The van der Waals surface area contributed by atoms with E-state index in [1.54, 1.807) is 0 Å². The lowest BCUT2D eigenvalue weighted by Crippen LogP contribution is -2.10. The van der Waals surface area contributed by atoms with Crippen molar-refractivity contribution in [2.45, 2.75) is 38.7 Å². The molecule has 0 bridgehead atoms. The van der Waals surface area contributed by atoms with Crippen LogP contribution in [0.2, 0.25) is 0 Å². The Bertz CT molecular complexity index is 352. The van der Waals surface area contributed by atoms with Crippen molar-refractivity contribution in [1.82, 2.24) is 0 Å². The van der Waals surface area contributed by atoms with E-state index in [9.17, 15) is 4.79 Å². The summed E-state index contributed by atoms with van der Waals surface area (Å²) in [6, 6.07) is 0. The second kappa shape index (κ2) is 6.28. The second-order valence-electron chi connectivity index (χ2n) is 4.04. The molecule has 0 aliphatic carbocycles. The van der Waals surface area contributed by atoms with Crippen molar-refractivity contribution in [2.75, 3.05) is 7.11 Å². The van der Waals surface area contributed by atoms with E-state index < -0.39 is 0 Å². The molecule has 0 N–H and O–H groups in total. The van der Waals surface area contributed by atoms with Crippen LogP contribution in [-0.2, 0) is 14.3 Å². The molecule has 1 rings (SSSR count). The molecule has 0 aromatic heterocycles. The first-order valence-electron chi connectivity index (χ1n) is 5.89. The third-order valence-electron chi connectivity index (χ3n) is 2.93. The lowest BCUT2D eigenvalue weighted by atomic mass is 10.0. The molecule has 0 spiro atoms. The third kappa shape index (κ3) is 3.22. The highest BCUT2D eigenvalue weighted by Gasteiger charge is 2.31. The first-order chi connectivity index (χ1) is 8.13. The molecule has 0 amide bonds. The van der Waals surface area contributed by atoms with Crippen LogP contribution in [-0.4, -0.2) is 19.2 Å². The molecule has 3 heteroatoms. The van der Waals surface area contributed by atoms with Crippen LogP contribution < -0.4 is 0 Å². The summed E-state index contributed by atoms with van der Waals surface area (Å²) in [4.78, 5) is 11.6. The number of hydrogen-bond donors (Lipinski definition) is 0. The van der Waals surface area contributed by atoms with Crippen molar-refractivity contribution < 1.29 is 14.3 Å². The van der Waals surface area contributed by atoms with E-state index in [-0.39, 0.29) is 12.1 Å². The Morgan fingerprint density at radius 3 is 2.88 bits per heavy atom. The lowest BCUT2D eigenvalue weighted by molar-refractivity contribution is -0.136. The fraction of sp³-hybridized carbons (Fsp3) is 0.500. The highest BCUT2D eigenvalue weighted by atomic mass is 16.5. The molecule has 0 radical (unpaired) electrons. The van der Waals surface area contributed by atoms with E-state index in [1.807, 2.05) is 13.0 Å². The Morgan fingerprint density at radius 1 is 1.65 bits per heavy atom. The van der Waals surface area contributed by atoms with Crippen LogP contribution in [0.15, 0.2) is 36.1 Å². The minimum atomic E-state index is -0.296. The van der Waals surface area contributed by atoms with Gasteiger partial charge in [-0.15, -0.1) is 6.58 Å². The molecule has 94 valence electrons. The van der Waals surface area contributed by atoms with Crippen LogP contribution in [0.5, 0.6) is 0 Å². The molecule has 0 saturated heterocycles. The van der Waals surface area contributed by atoms with E-state index in [2.05, 4.69) is 13.2 Å². The normalized spacial score (nSPS) is 18.8. The zero-order valence-corrected chi connectivity index (χ0v) is 10.6. The molecular weight excluding hydrogens is 216 g/mol. The molecule has 0 saturated carbocycles. The molecule has 1 unspecified atom stereocenters. The molecule has 1 aliphatic rings. The molecule has 17 heavy (non-hydrogen) atoms. The second-order valence-corrected chi connectivity index (χ2v) is 4.04. The first-order valence-corrected chi connectivity index (χ1v) is 5.89. The molecule has 1 heterocycles. The van der Waals surface area contributed by atoms with Crippen molar-refractivity contribution in [3.8, 4) is 0 Å². The summed E-state index contributed by atoms with van der Waals surface area (Å²) in [6.07, 6.45) is 4.66. The van der Waals surface area contributed by atoms with Crippen LogP contribution >= 0.6 is 0 Å². The van der Waals surface area contributed by atoms with Crippen molar-refractivity contribution >= 4 is 5.97 Å². The standard InChI is InChI=1S/C14H20O3/c1-5-7-8-12-11(14(15)16-4)9-13(17-12)10(3)6-2/h5,13H,1,3,6-9H2,2,4H3. The number of ether oxygens (including phenoxy) is 2. The molecule has 0 aromatic rings. The SMILES string of the molecule is C=CCCC1=C(C(=O)OC)CC(C(=C)CC)O1. The Labute approximate surface area is 103 Å². The van der Waals surface area contributed by atoms with E-state index in [0.29, 0.717) is 18.4 Å². The van der Waals surface area contributed by atoms with Gasteiger partial charge in [0, 0.05) is 12.8 Å². The van der Waals surface area contributed by atoms with E-state index in [1.165, 1.54) is 7.11 Å². The maximum absolute atomic E-state index is 11.6. The maximum atomic E-state index is 11.6. The topological polar surface area (TPSA) is 35.5 Å². The maximum Gasteiger partial charge on any atom is 0.337 e. The Morgan fingerprint density at radius 2 is 2.35 bits per heavy atom. The fourth-order valence-corrected chi connectivity index (χ4v) is 1.80. The minimum absolute atomic E-state index is 0.0751. The van der Waals surface area contributed by atoms with Crippen molar-refractivity contribution in [3.05, 3.63) is 36.1 Å². The van der Waals surface area contributed by atoms with Gasteiger partial charge in [0.15, 0.2) is 0 Å². The summed E-state index contributed by atoms with van der Waals surface area (Å²) in [6.45, 7) is 9.67. The average Bonchev–Trinajstić information content (AvgIpc) is 2.78. The van der Waals surface area contributed by atoms with E-state index in [4.69, 9.17) is 9.47 Å². The molecule has 1 atom stereocenters. The van der Waals surface area contributed by atoms with Crippen LogP contribution in [0.1, 0.15) is 32.6 Å². The average molecular weight is 236 g/mol. The van der Waals surface area contributed by atoms with Gasteiger partial charge in [-0.25, -0.2) is 4.79 Å². The smallest absolute Gasteiger partial charge is 0.337 e. The van der Waals surface area contributed by atoms with Crippen molar-refractivity contribution in [2.24, 2.45) is 0 Å². The zero-order chi connectivity index (χ0) is 12.8. The first kappa shape index (κ1) is 13.6. The summed E-state index contributed by atoms with van der Waals surface area (Å²) in [7, 11) is 1.39. The lowest BCUT2D eigenvalue weighted by Gasteiger charge is -2.13.